The summed E-state index contributed by atoms with van der Waals surface area (Å²) >= 11 is 6.37. The zero-order valence-electron chi connectivity index (χ0n) is 20.0. The molecular weight excluding hydrogens is 481 g/mol. The average molecular weight is 512 g/mol. The van der Waals surface area contributed by atoms with Crippen LogP contribution in [-0.2, 0) is 4.57 Å². The maximum absolute atomic E-state index is 12.7. The molecule has 0 unspecified atom stereocenters. The lowest BCUT2D eigenvalue weighted by Gasteiger charge is -2.39. The van der Waals surface area contributed by atoms with Crippen molar-refractivity contribution >= 4 is 58.6 Å². The van der Waals surface area contributed by atoms with Crippen LogP contribution in [-0.4, -0.2) is 60.4 Å². The van der Waals surface area contributed by atoms with Gasteiger partial charge in [-0.15, -0.1) is 0 Å². The molecule has 0 amide bonds. The zero-order valence-corrected chi connectivity index (χ0v) is 21.7. The van der Waals surface area contributed by atoms with Gasteiger partial charge in [-0.1, -0.05) is 23.7 Å². The van der Waals surface area contributed by atoms with Crippen LogP contribution in [0.25, 0.3) is 0 Å². The fourth-order valence-corrected chi connectivity index (χ4v) is 6.24. The molecule has 1 aromatic heterocycles. The lowest BCUT2D eigenvalue weighted by molar-refractivity contribution is 0.231. The highest BCUT2D eigenvalue weighted by molar-refractivity contribution is 7.70. The number of aromatic nitrogens is 2. The summed E-state index contributed by atoms with van der Waals surface area (Å²) in [5, 5.41) is 7.56. The molecule has 1 atom stereocenters. The number of rotatable bonds is 6. The maximum Gasteiger partial charge on any atom is 0.229 e. The van der Waals surface area contributed by atoms with Gasteiger partial charge in [0.25, 0.3) is 0 Å². The molecule has 3 aromatic rings. The van der Waals surface area contributed by atoms with Crippen LogP contribution in [0.3, 0.4) is 0 Å². The molecular formula is C25H31ClN7OP. The molecule has 3 heterocycles. The first kappa shape index (κ1) is 23.9. The molecule has 2 aliphatic rings. The number of halogens is 1. The van der Waals surface area contributed by atoms with E-state index >= 15 is 0 Å². The van der Waals surface area contributed by atoms with Gasteiger partial charge in [0, 0.05) is 36.7 Å². The van der Waals surface area contributed by atoms with Crippen molar-refractivity contribution < 1.29 is 4.57 Å². The van der Waals surface area contributed by atoms with Crippen LogP contribution in [0.2, 0.25) is 5.02 Å². The summed E-state index contributed by atoms with van der Waals surface area (Å²) in [6.45, 7) is 7.81. The van der Waals surface area contributed by atoms with Gasteiger partial charge < -0.3 is 25.8 Å². The van der Waals surface area contributed by atoms with Crippen LogP contribution < -0.4 is 26.6 Å². The van der Waals surface area contributed by atoms with Gasteiger partial charge >= 0.3 is 0 Å². The highest BCUT2D eigenvalue weighted by Gasteiger charge is 2.31. The lowest BCUT2D eigenvalue weighted by Crippen LogP contribution is -2.50. The van der Waals surface area contributed by atoms with Crippen LogP contribution in [0, 0.1) is 0 Å². The summed E-state index contributed by atoms with van der Waals surface area (Å²) in [5.74, 6) is 0.821. The molecule has 0 radical (unpaired) electrons. The van der Waals surface area contributed by atoms with E-state index in [4.69, 9.17) is 17.3 Å². The van der Waals surface area contributed by atoms with E-state index in [9.17, 15) is 4.57 Å². The number of piperazine rings is 1. The van der Waals surface area contributed by atoms with Crippen LogP contribution in [0.4, 0.5) is 34.5 Å². The Morgan fingerprint density at radius 1 is 1.11 bits per heavy atom. The second-order valence-corrected chi connectivity index (χ2v) is 13.2. The molecule has 35 heavy (non-hydrogen) atoms. The second kappa shape index (κ2) is 9.69. The molecule has 2 fully saturated rings. The van der Waals surface area contributed by atoms with Crippen LogP contribution >= 0.6 is 18.7 Å². The van der Waals surface area contributed by atoms with E-state index in [-0.39, 0.29) is 0 Å². The van der Waals surface area contributed by atoms with E-state index in [2.05, 4.69) is 36.5 Å². The molecule has 2 aliphatic heterocycles. The average Bonchev–Trinajstić information content (AvgIpc) is 3.29. The van der Waals surface area contributed by atoms with E-state index < -0.39 is 7.14 Å². The van der Waals surface area contributed by atoms with E-state index in [1.54, 1.807) is 13.3 Å². The fraction of sp³-hybridized carbons (Fsp3) is 0.360. The van der Waals surface area contributed by atoms with Gasteiger partial charge in [0.05, 0.1) is 23.3 Å². The van der Waals surface area contributed by atoms with Gasteiger partial charge in [-0.3, -0.25) is 4.90 Å². The smallest absolute Gasteiger partial charge is 0.229 e. The van der Waals surface area contributed by atoms with Crippen molar-refractivity contribution in [3.8, 4) is 0 Å². The predicted molar refractivity (Wildman–Crippen MR) is 147 cm³/mol. The van der Waals surface area contributed by atoms with E-state index in [0.29, 0.717) is 28.5 Å². The summed E-state index contributed by atoms with van der Waals surface area (Å²) in [6.07, 6.45) is 4.09. The largest absolute Gasteiger partial charge is 0.397 e. The Kier molecular flexibility index (Phi) is 6.62. The van der Waals surface area contributed by atoms with Gasteiger partial charge in [0.15, 0.2) is 5.82 Å². The fourth-order valence-electron chi connectivity index (χ4n) is 4.95. The zero-order chi connectivity index (χ0) is 24.6. The van der Waals surface area contributed by atoms with Crippen molar-refractivity contribution in [1.82, 2.24) is 14.9 Å². The molecule has 0 spiro atoms. The number of nitrogen functional groups attached to an aromatic ring is 1. The van der Waals surface area contributed by atoms with Gasteiger partial charge in [-0.2, -0.15) is 4.98 Å². The summed E-state index contributed by atoms with van der Waals surface area (Å²) < 4.78 is 12.7. The Morgan fingerprint density at radius 3 is 2.74 bits per heavy atom. The Bertz CT molecular complexity index is 1280. The minimum absolute atomic E-state index is 0.369. The van der Waals surface area contributed by atoms with Crippen molar-refractivity contribution in [2.24, 2.45) is 0 Å². The van der Waals surface area contributed by atoms with Crippen LogP contribution in [0.1, 0.15) is 12.8 Å². The number of benzene rings is 2. The first-order valence-electron chi connectivity index (χ1n) is 11.9. The molecule has 2 aromatic carbocycles. The first-order valence-corrected chi connectivity index (χ1v) is 14.9. The molecule has 184 valence electrons. The minimum Gasteiger partial charge on any atom is -0.397 e. The quantitative estimate of drug-likeness (QED) is 0.322. The Morgan fingerprint density at radius 2 is 1.94 bits per heavy atom. The number of hydrogen-bond acceptors (Lipinski definition) is 8. The number of para-hydroxylation sites is 1. The molecule has 5 rings (SSSR count). The predicted octanol–water partition coefficient (Wildman–Crippen LogP) is 4.73. The maximum atomic E-state index is 12.7. The monoisotopic (exact) mass is 511 g/mol. The molecule has 8 nitrogen and oxygen atoms in total. The number of nitrogens with one attached hydrogen (secondary N) is 2. The highest BCUT2D eigenvalue weighted by Crippen LogP contribution is 2.39. The standard InChI is InChI=1S/C25H31ClN7OP/c1-35(2,34)23-8-4-3-7-21(23)30-24-19(26)15-28-25(31-24)29-17-9-10-22(20(27)14-17)33-13-12-32-11-5-6-18(32)16-33/h3-4,7-10,14-15,18H,5-6,11-13,16,27H2,1-2H3,(H2,28,29,30,31)/t18-/m0/s1. The lowest BCUT2D eigenvalue weighted by atomic mass is 10.1. The van der Waals surface area contributed by atoms with Crippen molar-refractivity contribution in [2.45, 2.75) is 18.9 Å². The third-order valence-electron chi connectivity index (χ3n) is 6.69. The molecule has 0 saturated carbocycles. The number of nitrogens with zero attached hydrogens (tertiary/aromatic N) is 4. The molecule has 4 N–H and O–H groups in total. The van der Waals surface area contributed by atoms with Gasteiger partial charge in [-0.05, 0) is 63.0 Å². The molecule has 10 heteroatoms. The van der Waals surface area contributed by atoms with Gasteiger partial charge in [0.2, 0.25) is 5.95 Å². The third kappa shape index (κ3) is 5.25. The number of fused-ring (bicyclic) bond motifs is 1. The SMILES string of the molecule is CP(C)(=O)c1ccccc1Nc1nc(Nc2ccc(N3CCN4CCC[C@H]4C3)c(N)c2)ncc1Cl. The third-order valence-corrected chi connectivity index (χ3v) is 8.52. The molecule has 0 bridgehead atoms. The van der Waals surface area contributed by atoms with Crippen molar-refractivity contribution in [3.05, 3.63) is 53.7 Å². The molecule has 0 aliphatic carbocycles. The first-order chi connectivity index (χ1) is 16.8. The topological polar surface area (TPSA) is 99.4 Å². The Labute approximate surface area is 211 Å². The summed E-state index contributed by atoms with van der Waals surface area (Å²) in [7, 11) is -2.49. The Balaban J connectivity index is 1.33. The second-order valence-electron chi connectivity index (χ2n) is 9.56. The van der Waals surface area contributed by atoms with Crippen LogP contribution in [0.15, 0.2) is 48.7 Å². The Hall–Kier alpha value is -2.80. The highest BCUT2D eigenvalue weighted by atomic mass is 35.5. The van der Waals surface area contributed by atoms with Gasteiger partial charge in [0.1, 0.15) is 12.2 Å². The number of nitrogens with two attached hydrogens (primary N) is 1. The molecule has 2 saturated heterocycles. The minimum atomic E-state index is -2.49. The van der Waals surface area contributed by atoms with E-state index in [1.165, 1.54) is 25.6 Å². The van der Waals surface area contributed by atoms with Crippen molar-refractivity contribution in [2.75, 3.05) is 60.8 Å². The van der Waals surface area contributed by atoms with E-state index in [0.717, 1.165) is 42.0 Å². The van der Waals surface area contributed by atoms with Gasteiger partial charge in [-0.25, -0.2) is 4.98 Å². The summed E-state index contributed by atoms with van der Waals surface area (Å²) in [4.78, 5) is 13.9. The summed E-state index contributed by atoms with van der Waals surface area (Å²) in [6, 6.07) is 14.1. The normalized spacial score (nSPS) is 18.4. The summed E-state index contributed by atoms with van der Waals surface area (Å²) in [5.41, 5.74) is 9.77. The number of anilines is 6. The van der Waals surface area contributed by atoms with E-state index in [1.807, 2.05) is 36.4 Å². The van der Waals surface area contributed by atoms with Crippen molar-refractivity contribution in [3.63, 3.8) is 0 Å². The number of hydrogen-bond donors (Lipinski definition) is 3. The van der Waals surface area contributed by atoms with Crippen LogP contribution in [0.5, 0.6) is 0 Å². The van der Waals surface area contributed by atoms with Crippen molar-refractivity contribution in [1.29, 1.82) is 0 Å².